The highest BCUT2D eigenvalue weighted by atomic mass is 32.1. The first-order chi connectivity index (χ1) is 9.11. The number of hydrogen-bond acceptors (Lipinski definition) is 3. The van der Waals surface area contributed by atoms with Gasteiger partial charge in [-0.05, 0) is 50.7 Å². The molecule has 0 N–H and O–H groups in total. The molecule has 0 radical (unpaired) electrons. The molecule has 1 aromatic heterocycles. The molecule has 3 nitrogen and oxygen atoms in total. The first-order valence-corrected chi connectivity index (χ1v) is 7.75. The van der Waals surface area contributed by atoms with Crippen LogP contribution in [-0.4, -0.2) is 23.9 Å². The zero-order valence-electron chi connectivity index (χ0n) is 11.2. The third-order valence-electron chi connectivity index (χ3n) is 4.38. The fourth-order valence-electron chi connectivity index (χ4n) is 2.91. The Kier molecular flexibility index (Phi) is 3.10. The van der Waals surface area contributed by atoms with Crippen molar-refractivity contribution in [2.24, 2.45) is 5.41 Å². The molecule has 1 aliphatic heterocycles. The predicted octanol–water partition coefficient (Wildman–Crippen LogP) is 3.00. The molecular formula is C15H18N2OS. The van der Waals surface area contributed by atoms with Gasteiger partial charge in [-0.2, -0.15) is 5.26 Å². The summed E-state index contributed by atoms with van der Waals surface area (Å²) in [4.78, 5) is 16.7. The third-order valence-corrected chi connectivity index (χ3v) is 5.61. The number of carbonyl (C=O) groups is 1. The summed E-state index contributed by atoms with van der Waals surface area (Å²) in [6.45, 7) is 3.42. The highest BCUT2D eigenvalue weighted by Crippen LogP contribution is 2.34. The lowest BCUT2D eigenvalue weighted by molar-refractivity contribution is 0.0666. The van der Waals surface area contributed by atoms with Crippen molar-refractivity contribution < 1.29 is 4.79 Å². The first kappa shape index (κ1) is 12.7. The summed E-state index contributed by atoms with van der Waals surface area (Å²) in [5, 5.41) is 9.12. The molecule has 1 aliphatic carbocycles. The number of rotatable bonds is 1. The van der Waals surface area contributed by atoms with E-state index in [1.807, 2.05) is 11.8 Å². The van der Waals surface area contributed by atoms with E-state index in [4.69, 9.17) is 5.26 Å². The Morgan fingerprint density at radius 2 is 2.16 bits per heavy atom. The minimum absolute atomic E-state index is 0.166. The molecule has 4 heteroatoms. The molecule has 100 valence electrons. The van der Waals surface area contributed by atoms with E-state index in [1.165, 1.54) is 16.9 Å². The van der Waals surface area contributed by atoms with E-state index in [-0.39, 0.29) is 11.3 Å². The van der Waals surface area contributed by atoms with Crippen molar-refractivity contribution >= 4 is 17.2 Å². The molecule has 0 aromatic carbocycles. The van der Waals surface area contributed by atoms with E-state index >= 15 is 0 Å². The summed E-state index contributed by atoms with van der Waals surface area (Å²) in [7, 11) is 0. The van der Waals surface area contributed by atoms with Gasteiger partial charge in [0.2, 0.25) is 0 Å². The van der Waals surface area contributed by atoms with Gasteiger partial charge in [0.25, 0.3) is 5.91 Å². The van der Waals surface area contributed by atoms with Crippen molar-refractivity contribution in [3.05, 3.63) is 21.4 Å². The molecule has 0 unspecified atom stereocenters. The van der Waals surface area contributed by atoms with Crippen LogP contribution in [0.3, 0.4) is 0 Å². The van der Waals surface area contributed by atoms with E-state index in [0.717, 1.165) is 30.6 Å². The summed E-state index contributed by atoms with van der Waals surface area (Å²) < 4.78 is 0. The number of nitrogens with zero attached hydrogens (tertiary/aromatic N) is 2. The van der Waals surface area contributed by atoms with E-state index in [2.05, 4.69) is 12.1 Å². The SMILES string of the molecule is CC1(C#N)CCN(C(=O)c2cc3c(s2)CCC3)CC1. The van der Waals surface area contributed by atoms with Gasteiger partial charge in [-0.25, -0.2) is 0 Å². The number of amides is 1. The molecule has 1 saturated heterocycles. The Balaban J connectivity index is 1.70. The minimum atomic E-state index is -0.242. The number of likely N-dealkylation sites (tertiary alicyclic amines) is 1. The quantitative estimate of drug-likeness (QED) is 0.790. The van der Waals surface area contributed by atoms with Crippen LogP contribution in [0.4, 0.5) is 0 Å². The summed E-state index contributed by atoms with van der Waals surface area (Å²) in [5.74, 6) is 0.166. The fourth-order valence-corrected chi connectivity index (χ4v) is 4.13. The van der Waals surface area contributed by atoms with Gasteiger partial charge in [0, 0.05) is 18.0 Å². The Morgan fingerprint density at radius 1 is 1.42 bits per heavy atom. The molecular weight excluding hydrogens is 256 g/mol. The molecule has 3 rings (SSSR count). The normalized spacial score (nSPS) is 20.9. The molecule has 1 fully saturated rings. The first-order valence-electron chi connectivity index (χ1n) is 6.93. The number of fused-ring (bicyclic) bond motifs is 1. The molecule has 0 atom stereocenters. The average molecular weight is 274 g/mol. The fraction of sp³-hybridized carbons (Fsp3) is 0.600. The van der Waals surface area contributed by atoms with Crippen LogP contribution in [0.25, 0.3) is 0 Å². The van der Waals surface area contributed by atoms with Crippen LogP contribution in [0.1, 0.15) is 46.3 Å². The Morgan fingerprint density at radius 3 is 2.79 bits per heavy atom. The molecule has 0 saturated carbocycles. The number of piperidine rings is 1. The second kappa shape index (κ2) is 4.64. The van der Waals surface area contributed by atoms with Gasteiger partial charge in [0.05, 0.1) is 16.4 Å². The van der Waals surface area contributed by atoms with Gasteiger partial charge in [0.1, 0.15) is 0 Å². The monoisotopic (exact) mass is 274 g/mol. The van der Waals surface area contributed by atoms with Gasteiger partial charge in [-0.15, -0.1) is 11.3 Å². The zero-order valence-corrected chi connectivity index (χ0v) is 12.1. The lowest BCUT2D eigenvalue weighted by atomic mass is 9.82. The van der Waals surface area contributed by atoms with Crippen LogP contribution in [0, 0.1) is 16.7 Å². The van der Waals surface area contributed by atoms with Crippen molar-refractivity contribution in [1.29, 1.82) is 5.26 Å². The lowest BCUT2D eigenvalue weighted by Crippen LogP contribution is -2.41. The summed E-state index contributed by atoms with van der Waals surface area (Å²) in [5.41, 5.74) is 1.14. The minimum Gasteiger partial charge on any atom is -0.338 e. The smallest absolute Gasteiger partial charge is 0.263 e. The highest BCUT2D eigenvalue weighted by Gasteiger charge is 2.32. The third kappa shape index (κ3) is 2.28. The predicted molar refractivity (Wildman–Crippen MR) is 75.2 cm³/mol. The van der Waals surface area contributed by atoms with Crippen molar-refractivity contribution in [2.45, 2.75) is 39.0 Å². The number of carbonyl (C=O) groups excluding carboxylic acids is 1. The summed E-state index contributed by atoms with van der Waals surface area (Å²) >= 11 is 1.67. The molecule has 2 heterocycles. The van der Waals surface area contributed by atoms with Gasteiger partial charge in [-0.1, -0.05) is 0 Å². The van der Waals surface area contributed by atoms with Crippen LogP contribution in [0.15, 0.2) is 6.07 Å². The zero-order chi connectivity index (χ0) is 13.5. The van der Waals surface area contributed by atoms with Crippen LogP contribution in [-0.2, 0) is 12.8 Å². The van der Waals surface area contributed by atoms with Crippen molar-refractivity contribution in [1.82, 2.24) is 4.90 Å². The molecule has 1 aromatic rings. The Hall–Kier alpha value is -1.34. The lowest BCUT2D eigenvalue weighted by Gasteiger charge is -2.34. The Bertz CT molecular complexity index is 525. The molecule has 1 amide bonds. The van der Waals surface area contributed by atoms with Crippen LogP contribution >= 0.6 is 11.3 Å². The van der Waals surface area contributed by atoms with E-state index in [1.54, 1.807) is 11.3 Å². The maximum Gasteiger partial charge on any atom is 0.263 e. The summed E-state index contributed by atoms with van der Waals surface area (Å²) in [6, 6.07) is 4.47. The van der Waals surface area contributed by atoms with Gasteiger partial charge >= 0.3 is 0 Å². The van der Waals surface area contributed by atoms with Crippen molar-refractivity contribution in [2.75, 3.05) is 13.1 Å². The average Bonchev–Trinajstić information content (AvgIpc) is 2.99. The molecule has 0 bridgehead atoms. The Labute approximate surface area is 117 Å². The second-order valence-corrected chi connectivity index (χ2v) is 7.01. The van der Waals surface area contributed by atoms with Gasteiger partial charge in [-0.3, -0.25) is 4.79 Å². The van der Waals surface area contributed by atoms with Gasteiger partial charge in [0.15, 0.2) is 0 Å². The number of hydrogen-bond donors (Lipinski definition) is 0. The van der Waals surface area contributed by atoms with Crippen molar-refractivity contribution in [3.63, 3.8) is 0 Å². The maximum atomic E-state index is 12.5. The topological polar surface area (TPSA) is 44.1 Å². The molecule has 0 spiro atoms. The van der Waals surface area contributed by atoms with E-state index < -0.39 is 0 Å². The van der Waals surface area contributed by atoms with Crippen LogP contribution in [0.2, 0.25) is 0 Å². The number of aryl methyl sites for hydroxylation is 2. The maximum absolute atomic E-state index is 12.5. The van der Waals surface area contributed by atoms with Crippen LogP contribution in [0.5, 0.6) is 0 Å². The van der Waals surface area contributed by atoms with Crippen molar-refractivity contribution in [3.8, 4) is 6.07 Å². The number of thiophene rings is 1. The van der Waals surface area contributed by atoms with Crippen LogP contribution < -0.4 is 0 Å². The molecule has 2 aliphatic rings. The number of nitriles is 1. The largest absolute Gasteiger partial charge is 0.338 e. The second-order valence-electron chi connectivity index (χ2n) is 5.88. The van der Waals surface area contributed by atoms with E-state index in [9.17, 15) is 4.79 Å². The highest BCUT2D eigenvalue weighted by molar-refractivity contribution is 7.14. The standard InChI is InChI=1S/C15H18N2OS/c1-15(10-16)5-7-17(8-6-15)14(18)13-9-11-3-2-4-12(11)19-13/h9H,2-8H2,1H3. The van der Waals surface area contributed by atoms with E-state index in [0.29, 0.717) is 13.1 Å². The van der Waals surface area contributed by atoms with Gasteiger partial charge < -0.3 is 4.90 Å². The summed E-state index contributed by atoms with van der Waals surface area (Å²) in [6.07, 6.45) is 5.09. The molecule has 19 heavy (non-hydrogen) atoms.